The number of hydrogen-bond donors (Lipinski definition) is 0. The van der Waals surface area contributed by atoms with E-state index in [4.69, 9.17) is 0 Å². The van der Waals surface area contributed by atoms with Gasteiger partial charge >= 0.3 is 0 Å². The van der Waals surface area contributed by atoms with Crippen LogP contribution in [0, 0.1) is 31.0 Å². The van der Waals surface area contributed by atoms with Gasteiger partial charge in [0.05, 0.1) is 10.6 Å². The average Bonchev–Trinajstić information content (AvgIpc) is 2.70. The molecule has 0 bridgehead atoms. The zero-order chi connectivity index (χ0) is 16.5. The zero-order valence-corrected chi connectivity index (χ0v) is 13.1. The number of aromatic nitrogens is 2. The molecule has 114 valence electrons. The molecular formula is C15H14FN3O2S. The van der Waals surface area contributed by atoms with E-state index in [9.17, 15) is 18.1 Å². The second kappa shape index (κ2) is 5.73. The minimum atomic E-state index is -3.99. The van der Waals surface area contributed by atoms with Gasteiger partial charge in [0.25, 0.3) is 0 Å². The van der Waals surface area contributed by atoms with Gasteiger partial charge in [0, 0.05) is 18.3 Å². The maximum atomic E-state index is 12.9. The van der Waals surface area contributed by atoms with E-state index in [1.54, 1.807) is 31.6 Å². The Bertz CT molecular complexity index is 888. The fourth-order valence-electron chi connectivity index (χ4n) is 2.04. The van der Waals surface area contributed by atoms with Crippen molar-refractivity contribution in [3.63, 3.8) is 0 Å². The van der Waals surface area contributed by atoms with Crippen LogP contribution in [0.1, 0.15) is 17.0 Å². The van der Waals surface area contributed by atoms with Gasteiger partial charge in [-0.3, -0.25) is 4.68 Å². The van der Waals surface area contributed by atoms with Crippen LogP contribution in [-0.4, -0.2) is 18.2 Å². The molecule has 22 heavy (non-hydrogen) atoms. The lowest BCUT2D eigenvalue weighted by molar-refractivity contribution is 0.601. The average molecular weight is 319 g/mol. The second-order valence-electron chi connectivity index (χ2n) is 4.79. The first kappa shape index (κ1) is 15.9. The Hall–Kier alpha value is -2.46. The number of nitrogens with zero attached hydrogens (tertiary/aromatic N) is 3. The van der Waals surface area contributed by atoms with Crippen molar-refractivity contribution in [2.45, 2.75) is 18.7 Å². The van der Waals surface area contributed by atoms with Gasteiger partial charge in [0.1, 0.15) is 16.8 Å². The number of rotatable bonds is 3. The van der Waals surface area contributed by atoms with Crippen LogP contribution < -0.4 is 0 Å². The lowest BCUT2D eigenvalue weighted by Crippen LogP contribution is -2.04. The molecule has 0 saturated carbocycles. The molecule has 0 fully saturated rings. The van der Waals surface area contributed by atoms with Gasteiger partial charge in [-0.1, -0.05) is 0 Å². The normalized spacial score (nSPS) is 12.2. The van der Waals surface area contributed by atoms with E-state index in [1.807, 2.05) is 0 Å². The Labute approximate surface area is 128 Å². The Morgan fingerprint density at radius 3 is 2.36 bits per heavy atom. The predicted molar refractivity (Wildman–Crippen MR) is 79.9 cm³/mol. The molecule has 1 heterocycles. The topological polar surface area (TPSA) is 75.8 Å². The van der Waals surface area contributed by atoms with E-state index in [0.29, 0.717) is 11.3 Å². The molecule has 0 aliphatic heterocycles. The molecular weight excluding hydrogens is 305 g/mol. The van der Waals surface area contributed by atoms with Crippen molar-refractivity contribution in [2.75, 3.05) is 0 Å². The Morgan fingerprint density at radius 2 is 1.91 bits per heavy atom. The lowest BCUT2D eigenvalue weighted by Gasteiger charge is -2.03. The summed E-state index contributed by atoms with van der Waals surface area (Å²) in [7, 11) is -2.26. The van der Waals surface area contributed by atoms with Gasteiger partial charge in [-0.15, -0.1) is 0 Å². The molecule has 2 aromatic rings. The van der Waals surface area contributed by atoms with E-state index < -0.39 is 20.6 Å². The first-order valence-electron chi connectivity index (χ1n) is 6.40. The van der Waals surface area contributed by atoms with Gasteiger partial charge < -0.3 is 0 Å². The van der Waals surface area contributed by atoms with Crippen LogP contribution in [0.3, 0.4) is 0 Å². The fourth-order valence-corrected chi connectivity index (χ4v) is 3.18. The molecule has 0 aliphatic rings. The maximum Gasteiger partial charge on any atom is 0.216 e. The third kappa shape index (κ3) is 2.78. The monoisotopic (exact) mass is 319 g/mol. The van der Waals surface area contributed by atoms with Crippen molar-refractivity contribution in [3.05, 3.63) is 51.9 Å². The summed E-state index contributed by atoms with van der Waals surface area (Å²) >= 11 is 0. The number of halogens is 1. The van der Waals surface area contributed by atoms with Crippen molar-refractivity contribution >= 4 is 15.9 Å². The van der Waals surface area contributed by atoms with Crippen molar-refractivity contribution in [1.29, 1.82) is 5.26 Å². The minimum Gasteiger partial charge on any atom is -0.272 e. The van der Waals surface area contributed by atoms with Crippen LogP contribution in [0.5, 0.6) is 0 Å². The highest BCUT2D eigenvalue weighted by atomic mass is 32.2. The van der Waals surface area contributed by atoms with E-state index in [-0.39, 0.29) is 4.90 Å². The predicted octanol–water partition coefficient (Wildman–Crippen LogP) is 2.51. The molecule has 0 N–H and O–H groups in total. The first-order chi connectivity index (χ1) is 10.3. The Balaban J connectivity index is 2.59. The summed E-state index contributed by atoms with van der Waals surface area (Å²) in [6.07, 6.45) is 1.30. The molecule has 0 atom stereocenters. The van der Waals surface area contributed by atoms with Crippen LogP contribution in [0.4, 0.5) is 4.39 Å². The van der Waals surface area contributed by atoms with Crippen LogP contribution in [0.2, 0.25) is 0 Å². The quantitative estimate of drug-likeness (QED) is 0.643. The number of nitriles is 1. The highest BCUT2D eigenvalue weighted by Crippen LogP contribution is 2.23. The third-order valence-electron chi connectivity index (χ3n) is 3.36. The summed E-state index contributed by atoms with van der Waals surface area (Å²) in [6, 6.07) is 6.07. The van der Waals surface area contributed by atoms with Gasteiger partial charge in [-0.05, 0) is 44.2 Å². The van der Waals surface area contributed by atoms with Crippen LogP contribution >= 0.6 is 0 Å². The van der Waals surface area contributed by atoms with Crippen molar-refractivity contribution < 1.29 is 12.8 Å². The number of allylic oxidation sites excluding steroid dienone is 1. The van der Waals surface area contributed by atoms with E-state index in [2.05, 4.69) is 5.10 Å². The summed E-state index contributed by atoms with van der Waals surface area (Å²) in [6.45, 7) is 3.52. The molecule has 0 amide bonds. The Morgan fingerprint density at radius 1 is 1.32 bits per heavy atom. The molecule has 1 aromatic carbocycles. The summed E-state index contributed by atoms with van der Waals surface area (Å²) in [4.78, 5) is -0.529. The van der Waals surface area contributed by atoms with Gasteiger partial charge in [-0.25, -0.2) is 12.8 Å². The number of benzene rings is 1. The van der Waals surface area contributed by atoms with Crippen LogP contribution in [0.15, 0.2) is 34.1 Å². The number of hydrogen-bond acceptors (Lipinski definition) is 4. The highest BCUT2D eigenvalue weighted by molar-refractivity contribution is 7.95. The van der Waals surface area contributed by atoms with Crippen LogP contribution in [-0.2, 0) is 16.9 Å². The lowest BCUT2D eigenvalue weighted by atomic mass is 10.2. The smallest absolute Gasteiger partial charge is 0.216 e. The van der Waals surface area contributed by atoms with E-state index in [0.717, 1.165) is 30.0 Å². The Kier molecular flexibility index (Phi) is 4.15. The summed E-state index contributed by atoms with van der Waals surface area (Å²) in [5.74, 6) is -0.541. The van der Waals surface area contributed by atoms with Crippen molar-refractivity contribution in [3.8, 4) is 6.07 Å². The summed E-state index contributed by atoms with van der Waals surface area (Å²) in [5, 5.41) is 13.4. The first-order valence-corrected chi connectivity index (χ1v) is 7.88. The molecule has 0 saturated heterocycles. The molecule has 5 nitrogen and oxygen atoms in total. The second-order valence-corrected chi connectivity index (χ2v) is 6.70. The number of aryl methyl sites for hydroxylation is 2. The zero-order valence-electron chi connectivity index (χ0n) is 12.3. The largest absolute Gasteiger partial charge is 0.272 e. The van der Waals surface area contributed by atoms with E-state index >= 15 is 0 Å². The number of sulfone groups is 1. The molecule has 0 aliphatic carbocycles. The summed E-state index contributed by atoms with van der Waals surface area (Å²) < 4.78 is 39.5. The standard InChI is InChI=1S/C15H14FN3O2S/c1-10-15(11(2)19(3)18-10)8-14(9-17)22(20,21)13-6-4-12(16)5-7-13/h4-8H,1-3H3/b14-8+. The molecule has 0 unspecified atom stereocenters. The fraction of sp³-hybridized carbons (Fsp3) is 0.200. The molecule has 1 aromatic heterocycles. The minimum absolute atomic E-state index is 0.124. The van der Waals surface area contributed by atoms with Gasteiger partial charge in [-0.2, -0.15) is 10.4 Å². The highest BCUT2D eigenvalue weighted by Gasteiger charge is 2.22. The van der Waals surface area contributed by atoms with Crippen molar-refractivity contribution in [1.82, 2.24) is 9.78 Å². The summed E-state index contributed by atoms with van der Waals surface area (Å²) in [5.41, 5.74) is 1.96. The SMILES string of the molecule is Cc1nn(C)c(C)c1/C=C(\C#N)S(=O)(=O)c1ccc(F)cc1. The molecule has 0 radical (unpaired) electrons. The molecule has 2 rings (SSSR count). The maximum absolute atomic E-state index is 12.9. The van der Waals surface area contributed by atoms with E-state index in [1.165, 1.54) is 6.08 Å². The van der Waals surface area contributed by atoms with Gasteiger partial charge in [0.2, 0.25) is 9.84 Å². The molecule has 0 spiro atoms. The van der Waals surface area contributed by atoms with Crippen molar-refractivity contribution in [2.24, 2.45) is 7.05 Å². The third-order valence-corrected chi connectivity index (χ3v) is 5.05. The van der Waals surface area contributed by atoms with Crippen LogP contribution in [0.25, 0.3) is 6.08 Å². The van der Waals surface area contributed by atoms with Gasteiger partial charge in [0.15, 0.2) is 0 Å². The molecule has 7 heteroatoms.